The summed E-state index contributed by atoms with van der Waals surface area (Å²) in [7, 11) is 0. The van der Waals surface area contributed by atoms with Crippen LogP contribution in [0, 0.1) is 5.41 Å². The van der Waals surface area contributed by atoms with Crippen LogP contribution in [0.15, 0.2) is 54.6 Å². The number of carbonyl (C=O) groups is 1. The summed E-state index contributed by atoms with van der Waals surface area (Å²) in [5.41, 5.74) is 2.93. The summed E-state index contributed by atoms with van der Waals surface area (Å²) in [6, 6.07) is 20.1. The summed E-state index contributed by atoms with van der Waals surface area (Å²) in [6.07, 6.45) is 6.74. The largest absolute Gasteiger partial charge is 0.490 e. The van der Waals surface area contributed by atoms with Crippen LogP contribution < -0.4 is 10.1 Å². The van der Waals surface area contributed by atoms with E-state index in [0.717, 1.165) is 70.7 Å². The van der Waals surface area contributed by atoms with Crippen molar-refractivity contribution in [2.45, 2.75) is 63.0 Å². The predicted octanol–water partition coefficient (Wildman–Crippen LogP) is 4.49. The summed E-state index contributed by atoms with van der Waals surface area (Å²) in [4.78, 5) is 13.4. The van der Waals surface area contributed by atoms with Gasteiger partial charge in [-0.3, -0.25) is 4.79 Å². The molecule has 3 aliphatic rings. The molecule has 2 aromatic carbocycles. The van der Waals surface area contributed by atoms with Crippen molar-refractivity contribution in [3.8, 4) is 5.75 Å². The second kappa shape index (κ2) is 11.8. The number of hydrogen-bond acceptors (Lipinski definition) is 5. The second-order valence-corrected chi connectivity index (χ2v) is 11.0. The molecule has 2 aliphatic heterocycles. The van der Waals surface area contributed by atoms with Gasteiger partial charge in [0.15, 0.2) is 0 Å². The Bertz CT molecular complexity index is 983. The summed E-state index contributed by atoms with van der Waals surface area (Å²) in [6.45, 7) is 5.12. The average molecular weight is 493 g/mol. The first-order valence-electron chi connectivity index (χ1n) is 13.6. The molecule has 36 heavy (non-hydrogen) atoms. The van der Waals surface area contributed by atoms with Crippen molar-refractivity contribution in [3.63, 3.8) is 0 Å². The summed E-state index contributed by atoms with van der Waals surface area (Å²) in [5, 5.41) is 13.0. The van der Waals surface area contributed by atoms with Crippen LogP contribution in [0.4, 0.5) is 0 Å². The van der Waals surface area contributed by atoms with Crippen molar-refractivity contribution >= 4 is 5.97 Å². The molecule has 0 radical (unpaired) electrons. The van der Waals surface area contributed by atoms with Crippen molar-refractivity contribution in [3.05, 3.63) is 65.7 Å². The maximum atomic E-state index is 11.1. The normalized spacial score (nSPS) is 24.3. The Kier molecular flexibility index (Phi) is 8.25. The number of benzene rings is 2. The van der Waals surface area contributed by atoms with Crippen LogP contribution in [0.2, 0.25) is 0 Å². The third-order valence-electron chi connectivity index (χ3n) is 8.26. The van der Waals surface area contributed by atoms with Gasteiger partial charge in [0, 0.05) is 37.9 Å². The number of likely N-dealkylation sites (tertiary alicyclic amines) is 1. The molecular formula is C30H40N2O4. The first-order valence-corrected chi connectivity index (χ1v) is 13.6. The molecule has 6 heteroatoms. The monoisotopic (exact) mass is 492 g/mol. The van der Waals surface area contributed by atoms with Gasteiger partial charge in [0.05, 0.1) is 19.6 Å². The molecule has 1 saturated carbocycles. The standard InChI is InChI=1S/C30H40N2O4/c33-29(34)9-14-32-15-12-30(13-16-32,22-31-28-20-27(28)24-6-2-1-3-7-24)21-23-5-4-8-26(19-23)36-25-10-17-35-18-11-25/h1-8,19,25,27-28,31H,9-18,20-22H2,(H,33,34)/t27-,28+/m0/s1. The zero-order valence-electron chi connectivity index (χ0n) is 21.2. The number of aliphatic carboxylic acids is 1. The van der Waals surface area contributed by atoms with E-state index in [1.165, 1.54) is 17.5 Å². The van der Waals surface area contributed by atoms with Crippen molar-refractivity contribution in [2.75, 3.05) is 39.4 Å². The van der Waals surface area contributed by atoms with E-state index in [4.69, 9.17) is 14.6 Å². The van der Waals surface area contributed by atoms with Gasteiger partial charge in [0.25, 0.3) is 0 Å². The molecule has 2 aromatic rings. The van der Waals surface area contributed by atoms with Crippen LogP contribution >= 0.6 is 0 Å². The van der Waals surface area contributed by atoms with Crippen LogP contribution in [0.25, 0.3) is 0 Å². The fraction of sp³-hybridized carbons (Fsp3) is 0.567. The third-order valence-corrected chi connectivity index (χ3v) is 8.26. The molecule has 0 bridgehead atoms. The van der Waals surface area contributed by atoms with E-state index in [-0.39, 0.29) is 17.9 Å². The molecule has 2 atom stereocenters. The Balaban J connectivity index is 1.23. The molecule has 194 valence electrons. The molecule has 6 nitrogen and oxygen atoms in total. The van der Waals surface area contributed by atoms with Crippen molar-refractivity contribution < 1.29 is 19.4 Å². The fourth-order valence-electron chi connectivity index (χ4n) is 5.91. The van der Waals surface area contributed by atoms with Gasteiger partial charge in [-0.1, -0.05) is 42.5 Å². The minimum Gasteiger partial charge on any atom is -0.490 e. The summed E-state index contributed by atoms with van der Waals surface area (Å²) in [5.74, 6) is 0.873. The van der Waals surface area contributed by atoms with Crippen LogP contribution in [-0.2, 0) is 16.0 Å². The van der Waals surface area contributed by atoms with Crippen LogP contribution in [0.1, 0.15) is 55.6 Å². The number of nitrogens with zero attached hydrogens (tertiary/aromatic N) is 1. The Morgan fingerprint density at radius 1 is 1.08 bits per heavy atom. The number of piperidine rings is 1. The summed E-state index contributed by atoms with van der Waals surface area (Å²) < 4.78 is 11.8. The Labute approximate surface area is 215 Å². The molecule has 2 N–H and O–H groups in total. The van der Waals surface area contributed by atoms with Crippen molar-refractivity contribution in [1.29, 1.82) is 0 Å². The van der Waals surface area contributed by atoms with Crippen molar-refractivity contribution in [1.82, 2.24) is 10.2 Å². The van der Waals surface area contributed by atoms with Crippen LogP contribution in [0.5, 0.6) is 5.75 Å². The van der Waals surface area contributed by atoms with Gasteiger partial charge in [0.2, 0.25) is 0 Å². The number of ether oxygens (including phenoxy) is 2. The predicted molar refractivity (Wildman–Crippen MR) is 141 cm³/mol. The van der Waals surface area contributed by atoms with E-state index in [0.29, 0.717) is 18.5 Å². The minimum atomic E-state index is -0.712. The van der Waals surface area contributed by atoms with Gasteiger partial charge in [-0.05, 0) is 67.4 Å². The number of carboxylic acid groups (broad SMARTS) is 1. The molecule has 0 unspecified atom stereocenters. The van der Waals surface area contributed by atoms with E-state index >= 15 is 0 Å². The van der Waals surface area contributed by atoms with E-state index in [2.05, 4.69) is 64.8 Å². The van der Waals surface area contributed by atoms with E-state index in [1.807, 2.05) is 0 Å². The SMILES string of the molecule is O=C(O)CCN1CCC(CN[C@@H]2C[C@H]2c2ccccc2)(Cc2cccc(OC3CCOCC3)c2)CC1. The Morgan fingerprint density at radius 3 is 2.61 bits per heavy atom. The van der Waals surface area contributed by atoms with Crippen molar-refractivity contribution in [2.24, 2.45) is 5.41 Å². The molecule has 0 amide bonds. The van der Waals surface area contributed by atoms with Gasteiger partial charge < -0.3 is 24.8 Å². The highest BCUT2D eigenvalue weighted by atomic mass is 16.5. The molecular weight excluding hydrogens is 452 g/mol. The molecule has 0 spiro atoms. The highest BCUT2D eigenvalue weighted by Crippen LogP contribution is 2.42. The second-order valence-electron chi connectivity index (χ2n) is 11.0. The molecule has 1 aliphatic carbocycles. The fourth-order valence-corrected chi connectivity index (χ4v) is 5.91. The van der Waals surface area contributed by atoms with Gasteiger partial charge in [-0.2, -0.15) is 0 Å². The van der Waals surface area contributed by atoms with E-state index < -0.39 is 5.97 Å². The smallest absolute Gasteiger partial charge is 0.304 e. The molecule has 0 aromatic heterocycles. The first kappa shape index (κ1) is 25.2. The average Bonchev–Trinajstić information content (AvgIpc) is 3.69. The number of nitrogens with one attached hydrogen (secondary N) is 1. The van der Waals surface area contributed by atoms with Crippen LogP contribution in [0.3, 0.4) is 0 Å². The van der Waals surface area contributed by atoms with E-state index in [9.17, 15) is 4.79 Å². The zero-order valence-corrected chi connectivity index (χ0v) is 21.2. The number of rotatable bonds is 11. The third kappa shape index (κ3) is 6.87. The van der Waals surface area contributed by atoms with Gasteiger partial charge in [-0.25, -0.2) is 0 Å². The number of hydrogen-bond donors (Lipinski definition) is 2. The maximum absolute atomic E-state index is 11.1. The van der Waals surface area contributed by atoms with Gasteiger partial charge in [0.1, 0.15) is 11.9 Å². The summed E-state index contributed by atoms with van der Waals surface area (Å²) >= 11 is 0. The zero-order chi connectivity index (χ0) is 24.8. The molecule has 3 fully saturated rings. The minimum absolute atomic E-state index is 0.168. The molecule has 2 heterocycles. The maximum Gasteiger partial charge on any atom is 0.304 e. The van der Waals surface area contributed by atoms with Crippen LogP contribution in [-0.4, -0.2) is 67.5 Å². The first-order chi connectivity index (χ1) is 17.6. The Hall–Kier alpha value is -2.41. The van der Waals surface area contributed by atoms with Gasteiger partial charge in [-0.15, -0.1) is 0 Å². The molecule has 5 rings (SSSR count). The highest BCUT2D eigenvalue weighted by Gasteiger charge is 2.41. The lowest BCUT2D eigenvalue weighted by Gasteiger charge is -2.42. The quantitative estimate of drug-likeness (QED) is 0.482. The lowest BCUT2D eigenvalue weighted by molar-refractivity contribution is -0.137. The van der Waals surface area contributed by atoms with Gasteiger partial charge >= 0.3 is 5.97 Å². The lowest BCUT2D eigenvalue weighted by Crippen LogP contribution is -2.47. The topological polar surface area (TPSA) is 71.0 Å². The Morgan fingerprint density at radius 2 is 1.86 bits per heavy atom. The molecule has 2 saturated heterocycles. The lowest BCUT2D eigenvalue weighted by atomic mass is 9.73. The highest BCUT2D eigenvalue weighted by molar-refractivity contribution is 5.66. The number of carboxylic acids is 1. The van der Waals surface area contributed by atoms with E-state index in [1.54, 1.807) is 0 Å².